The smallest absolute Gasteiger partial charge is 0.199 e. The molecular formula is C18H25N5S. The van der Waals surface area contributed by atoms with Gasteiger partial charge in [-0.05, 0) is 57.1 Å². The number of nitrogens with zero attached hydrogens (tertiary/aromatic N) is 5. The molecule has 2 saturated carbocycles. The molecular weight excluding hydrogens is 318 g/mol. The van der Waals surface area contributed by atoms with Crippen LogP contribution in [0.3, 0.4) is 0 Å². The highest BCUT2D eigenvalue weighted by Gasteiger charge is 2.29. The van der Waals surface area contributed by atoms with E-state index in [-0.39, 0.29) is 0 Å². The second kappa shape index (κ2) is 6.76. The van der Waals surface area contributed by atoms with Crippen molar-refractivity contribution in [3.63, 3.8) is 0 Å². The number of pyridine rings is 1. The summed E-state index contributed by atoms with van der Waals surface area (Å²) in [6.45, 7) is 0.774. The zero-order valence-electron chi connectivity index (χ0n) is 14.3. The van der Waals surface area contributed by atoms with Crippen LogP contribution in [0, 0.1) is 4.77 Å². The Morgan fingerprint density at radius 2 is 2.00 bits per heavy atom. The summed E-state index contributed by atoms with van der Waals surface area (Å²) in [6, 6.07) is 5.20. The fourth-order valence-corrected chi connectivity index (χ4v) is 4.05. The lowest BCUT2D eigenvalue weighted by Gasteiger charge is -2.30. The molecule has 2 aromatic rings. The van der Waals surface area contributed by atoms with Crippen LogP contribution < -0.4 is 0 Å². The summed E-state index contributed by atoms with van der Waals surface area (Å²) < 4.78 is 5.09. The van der Waals surface area contributed by atoms with Gasteiger partial charge in [0.15, 0.2) is 10.6 Å². The van der Waals surface area contributed by atoms with E-state index in [0.29, 0.717) is 12.1 Å². The minimum Gasteiger partial charge on any atom is -0.297 e. The van der Waals surface area contributed by atoms with Gasteiger partial charge in [-0.15, -0.1) is 0 Å². The van der Waals surface area contributed by atoms with E-state index in [1.54, 1.807) is 6.20 Å². The van der Waals surface area contributed by atoms with Gasteiger partial charge in [0.1, 0.15) is 0 Å². The fourth-order valence-electron chi connectivity index (χ4n) is 3.71. The molecule has 0 atom stereocenters. The summed E-state index contributed by atoms with van der Waals surface area (Å²) in [6.07, 6.45) is 12.7. The van der Waals surface area contributed by atoms with Crippen molar-refractivity contribution in [3.8, 4) is 11.4 Å². The predicted octanol–water partition coefficient (Wildman–Crippen LogP) is 4.03. The Kier molecular flexibility index (Phi) is 4.50. The van der Waals surface area contributed by atoms with E-state index in [4.69, 9.17) is 17.3 Å². The summed E-state index contributed by atoms with van der Waals surface area (Å²) in [4.78, 5) is 6.67. The molecule has 2 aliphatic rings. The monoisotopic (exact) mass is 343 g/mol. The first-order valence-electron chi connectivity index (χ1n) is 9.04. The normalized spacial score (nSPS) is 19.1. The molecule has 128 valence electrons. The molecule has 0 amide bonds. The lowest BCUT2D eigenvalue weighted by molar-refractivity contribution is 0.145. The van der Waals surface area contributed by atoms with Crippen LogP contribution in [0.5, 0.6) is 0 Å². The van der Waals surface area contributed by atoms with Gasteiger partial charge >= 0.3 is 0 Å². The first-order valence-corrected chi connectivity index (χ1v) is 9.45. The summed E-state index contributed by atoms with van der Waals surface area (Å²) in [5.74, 6) is 0.965. The number of aromatic nitrogens is 4. The van der Waals surface area contributed by atoms with Gasteiger partial charge in [0.2, 0.25) is 0 Å². The molecule has 2 aromatic heterocycles. The SMILES string of the molecule is CN(Cn1nc(-c2cccnc2)n(C2CC2)c1=S)C1CCCCC1. The Balaban J connectivity index is 1.63. The maximum absolute atomic E-state index is 5.77. The lowest BCUT2D eigenvalue weighted by Crippen LogP contribution is -2.35. The largest absolute Gasteiger partial charge is 0.297 e. The third kappa shape index (κ3) is 3.17. The first-order chi connectivity index (χ1) is 11.7. The standard InChI is InChI=1S/C18H25N5S/c1-21(15-7-3-2-4-8-15)13-22-18(24)23(16-9-10-16)17(20-22)14-6-5-11-19-12-14/h5-6,11-12,15-16H,2-4,7-10,13H2,1H3. The molecule has 0 aliphatic heterocycles. The van der Waals surface area contributed by atoms with Gasteiger partial charge in [0, 0.05) is 30.0 Å². The highest BCUT2D eigenvalue weighted by Crippen LogP contribution is 2.38. The Hall–Kier alpha value is -1.53. The molecule has 5 nitrogen and oxygen atoms in total. The van der Waals surface area contributed by atoms with Crippen molar-refractivity contribution >= 4 is 12.2 Å². The average Bonchev–Trinajstić information content (AvgIpc) is 3.41. The van der Waals surface area contributed by atoms with E-state index in [0.717, 1.165) is 22.8 Å². The van der Waals surface area contributed by atoms with Crippen molar-refractivity contribution in [3.05, 3.63) is 29.3 Å². The van der Waals surface area contributed by atoms with Gasteiger partial charge in [-0.3, -0.25) is 14.5 Å². The number of hydrogen-bond donors (Lipinski definition) is 0. The molecule has 2 fully saturated rings. The van der Waals surface area contributed by atoms with E-state index in [1.807, 2.05) is 16.9 Å². The molecule has 0 radical (unpaired) electrons. The molecule has 0 unspecified atom stereocenters. The van der Waals surface area contributed by atoms with Crippen LogP contribution in [-0.2, 0) is 6.67 Å². The van der Waals surface area contributed by atoms with Crippen molar-refractivity contribution < 1.29 is 0 Å². The highest BCUT2D eigenvalue weighted by atomic mass is 32.1. The van der Waals surface area contributed by atoms with Crippen LogP contribution in [0.4, 0.5) is 0 Å². The summed E-state index contributed by atoms with van der Waals surface area (Å²) >= 11 is 5.77. The molecule has 24 heavy (non-hydrogen) atoms. The van der Waals surface area contributed by atoms with Crippen molar-refractivity contribution in [1.29, 1.82) is 0 Å². The summed E-state index contributed by atoms with van der Waals surface area (Å²) in [5, 5.41) is 4.87. The fraction of sp³-hybridized carbons (Fsp3) is 0.611. The van der Waals surface area contributed by atoms with E-state index in [9.17, 15) is 0 Å². The first kappa shape index (κ1) is 16.0. The molecule has 2 aliphatic carbocycles. The topological polar surface area (TPSA) is 38.9 Å². The summed E-state index contributed by atoms with van der Waals surface area (Å²) in [7, 11) is 2.21. The molecule has 0 aromatic carbocycles. The molecule has 0 bridgehead atoms. The quantitative estimate of drug-likeness (QED) is 0.768. The number of hydrogen-bond acceptors (Lipinski definition) is 4. The Bertz CT molecular complexity index is 741. The summed E-state index contributed by atoms with van der Waals surface area (Å²) in [5.41, 5.74) is 1.05. The zero-order valence-corrected chi connectivity index (χ0v) is 15.1. The van der Waals surface area contributed by atoms with Crippen molar-refractivity contribution in [2.75, 3.05) is 7.05 Å². The highest BCUT2D eigenvalue weighted by molar-refractivity contribution is 7.71. The zero-order chi connectivity index (χ0) is 16.5. The van der Waals surface area contributed by atoms with E-state index in [2.05, 4.69) is 27.6 Å². The molecule has 0 spiro atoms. The van der Waals surface area contributed by atoms with Gasteiger partial charge < -0.3 is 0 Å². The van der Waals surface area contributed by atoms with E-state index in [1.165, 1.54) is 44.9 Å². The van der Waals surface area contributed by atoms with Gasteiger partial charge in [-0.2, -0.15) is 5.10 Å². The van der Waals surface area contributed by atoms with Crippen LogP contribution >= 0.6 is 12.2 Å². The maximum atomic E-state index is 5.77. The second-order valence-electron chi connectivity index (χ2n) is 7.14. The van der Waals surface area contributed by atoms with Crippen LogP contribution in [0.15, 0.2) is 24.5 Å². The molecule has 4 rings (SSSR count). The Morgan fingerprint density at radius 1 is 1.21 bits per heavy atom. The average molecular weight is 344 g/mol. The van der Waals surface area contributed by atoms with Crippen molar-refractivity contribution in [1.82, 2.24) is 24.2 Å². The predicted molar refractivity (Wildman–Crippen MR) is 97.2 cm³/mol. The van der Waals surface area contributed by atoms with Crippen LogP contribution in [0.1, 0.15) is 51.0 Å². The van der Waals surface area contributed by atoms with Crippen LogP contribution in [0.2, 0.25) is 0 Å². The van der Waals surface area contributed by atoms with Crippen LogP contribution in [0.25, 0.3) is 11.4 Å². The van der Waals surface area contributed by atoms with Gasteiger partial charge in [-0.1, -0.05) is 19.3 Å². The minimum atomic E-state index is 0.515. The number of rotatable bonds is 5. The third-order valence-corrected chi connectivity index (χ3v) is 5.66. The van der Waals surface area contributed by atoms with E-state index < -0.39 is 0 Å². The third-order valence-electron chi connectivity index (χ3n) is 5.26. The second-order valence-corrected chi connectivity index (χ2v) is 7.50. The lowest BCUT2D eigenvalue weighted by atomic mass is 9.95. The van der Waals surface area contributed by atoms with Crippen molar-refractivity contribution in [2.24, 2.45) is 0 Å². The van der Waals surface area contributed by atoms with E-state index >= 15 is 0 Å². The maximum Gasteiger partial charge on any atom is 0.199 e. The van der Waals surface area contributed by atoms with Crippen molar-refractivity contribution in [2.45, 2.75) is 63.7 Å². The van der Waals surface area contributed by atoms with Gasteiger partial charge in [-0.25, -0.2) is 4.68 Å². The molecule has 6 heteroatoms. The van der Waals surface area contributed by atoms with Crippen LogP contribution in [-0.4, -0.2) is 37.3 Å². The Labute approximate surface area is 148 Å². The van der Waals surface area contributed by atoms with Gasteiger partial charge in [0.25, 0.3) is 0 Å². The molecule has 0 saturated heterocycles. The molecule has 0 N–H and O–H groups in total. The van der Waals surface area contributed by atoms with Gasteiger partial charge in [0.05, 0.1) is 6.67 Å². The Morgan fingerprint density at radius 3 is 2.67 bits per heavy atom. The minimum absolute atomic E-state index is 0.515. The molecule has 2 heterocycles.